The topological polar surface area (TPSA) is 59.4 Å². The molecule has 2 aromatic heterocycles. The molecule has 164 valence electrons. The molecular weight excluding hydrogens is 408 g/mol. The Balaban J connectivity index is 1.45. The van der Waals surface area contributed by atoms with Crippen LogP contribution in [0.25, 0.3) is 10.6 Å². The smallest absolute Gasteiger partial charge is 0.255 e. The van der Waals surface area contributed by atoms with Crippen LogP contribution in [-0.4, -0.2) is 59.5 Å². The van der Waals surface area contributed by atoms with Gasteiger partial charge in [0.15, 0.2) is 0 Å². The number of ether oxygens (including phenoxy) is 1. The van der Waals surface area contributed by atoms with Gasteiger partial charge < -0.3 is 10.1 Å². The summed E-state index contributed by atoms with van der Waals surface area (Å²) in [5.74, 6) is 0.518. The van der Waals surface area contributed by atoms with Crippen LogP contribution in [0.3, 0.4) is 0 Å². The van der Waals surface area contributed by atoms with E-state index in [4.69, 9.17) is 9.84 Å². The van der Waals surface area contributed by atoms with Crippen LogP contribution in [0.5, 0.6) is 0 Å². The molecule has 3 heterocycles. The number of thiophene rings is 1. The van der Waals surface area contributed by atoms with E-state index in [1.807, 2.05) is 46.6 Å². The predicted octanol–water partition coefficient (Wildman–Crippen LogP) is 3.75. The molecule has 1 unspecified atom stereocenters. The highest BCUT2D eigenvalue weighted by molar-refractivity contribution is 7.13. The maximum Gasteiger partial charge on any atom is 0.255 e. The van der Waals surface area contributed by atoms with Crippen LogP contribution in [0.2, 0.25) is 0 Å². The molecule has 6 nitrogen and oxygen atoms in total. The number of aromatic nitrogens is 2. The molecule has 0 spiro atoms. The van der Waals surface area contributed by atoms with Gasteiger partial charge in [-0.1, -0.05) is 50.2 Å². The summed E-state index contributed by atoms with van der Waals surface area (Å²) < 4.78 is 7.74. The Morgan fingerprint density at radius 1 is 1.26 bits per heavy atom. The van der Waals surface area contributed by atoms with Gasteiger partial charge in [0, 0.05) is 32.4 Å². The van der Waals surface area contributed by atoms with Gasteiger partial charge in [0.25, 0.3) is 5.91 Å². The van der Waals surface area contributed by atoms with E-state index in [9.17, 15) is 4.79 Å². The molecule has 1 saturated heterocycles. The van der Waals surface area contributed by atoms with Gasteiger partial charge in [0.05, 0.1) is 29.7 Å². The SMILES string of the molecule is CC(C)CN1CCOC(CNC(=O)c2cn(Cc3ccccc3)nc2-c2cccs2)C1. The largest absolute Gasteiger partial charge is 0.374 e. The molecule has 1 N–H and O–H groups in total. The normalized spacial score (nSPS) is 17.2. The first-order valence-corrected chi connectivity index (χ1v) is 11.7. The Kier molecular flexibility index (Phi) is 7.17. The average Bonchev–Trinajstić information content (AvgIpc) is 3.42. The van der Waals surface area contributed by atoms with E-state index in [2.05, 4.69) is 36.2 Å². The lowest BCUT2D eigenvalue weighted by molar-refractivity contribution is -0.0295. The molecule has 0 saturated carbocycles. The van der Waals surface area contributed by atoms with E-state index in [1.165, 1.54) is 0 Å². The van der Waals surface area contributed by atoms with Crippen LogP contribution in [0.15, 0.2) is 54.0 Å². The van der Waals surface area contributed by atoms with Crippen molar-refractivity contribution in [2.24, 2.45) is 5.92 Å². The van der Waals surface area contributed by atoms with E-state index in [0.717, 1.165) is 35.8 Å². The third kappa shape index (κ3) is 5.81. The second kappa shape index (κ2) is 10.2. The van der Waals surface area contributed by atoms with Crippen molar-refractivity contribution in [3.63, 3.8) is 0 Å². The lowest BCUT2D eigenvalue weighted by atomic mass is 10.1. The molecule has 1 aromatic carbocycles. The Labute approximate surface area is 187 Å². The minimum atomic E-state index is -0.104. The van der Waals surface area contributed by atoms with Gasteiger partial charge in [-0.05, 0) is 22.9 Å². The number of amides is 1. The highest BCUT2D eigenvalue weighted by Gasteiger charge is 2.23. The lowest BCUT2D eigenvalue weighted by Crippen LogP contribution is -2.48. The van der Waals surface area contributed by atoms with Crippen LogP contribution in [0.1, 0.15) is 29.8 Å². The fourth-order valence-corrected chi connectivity index (χ4v) is 4.65. The maximum atomic E-state index is 13.1. The van der Waals surface area contributed by atoms with Crippen molar-refractivity contribution in [2.45, 2.75) is 26.5 Å². The van der Waals surface area contributed by atoms with Gasteiger partial charge in [0.2, 0.25) is 0 Å². The first-order chi connectivity index (χ1) is 15.1. The predicted molar refractivity (Wildman–Crippen MR) is 124 cm³/mol. The van der Waals surface area contributed by atoms with Crippen LogP contribution in [0, 0.1) is 5.92 Å². The number of morpholine rings is 1. The number of nitrogens with zero attached hydrogens (tertiary/aromatic N) is 3. The number of hydrogen-bond donors (Lipinski definition) is 1. The van der Waals surface area contributed by atoms with Gasteiger partial charge in [-0.2, -0.15) is 5.10 Å². The van der Waals surface area contributed by atoms with E-state index < -0.39 is 0 Å². The number of carbonyl (C=O) groups is 1. The first kappa shape index (κ1) is 21.7. The highest BCUT2D eigenvalue weighted by atomic mass is 32.1. The summed E-state index contributed by atoms with van der Waals surface area (Å²) in [6.07, 6.45) is 1.87. The molecule has 7 heteroatoms. The third-order valence-corrected chi connectivity index (χ3v) is 6.16. The van der Waals surface area contributed by atoms with E-state index in [0.29, 0.717) is 31.2 Å². The highest BCUT2D eigenvalue weighted by Crippen LogP contribution is 2.27. The molecule has 4 rings (SSSR count). The van der Waals surface area contributed by atoms with Crippen LogP contribution in [0.4, 0.5) is 0 Å². The summed E-state index contributed by atoms with van der Waals surface area (Å²) in [5.41, 5.74) is 2.48. The zero-order valence-electron chi connectivity index (χ0n) is 18.2. The Morgan fingerprint density at radius 2 is 2.10 bits per heavy atom. The summed E-state index contributed by atoms with van der Waals surface area (Å²) in [7, 11) is 0. The number of carbonyl (C=O) groups excluding carboxylic acids is 1. The van der Waals surface area contributed by atoms with Crippen molar-refractivity contribution in [2.75, 3.05) is 32.8 Å². The van der Waals surface area contributed by atoms with E-state index in [1.54, 1.807) is 11.3 Å². The molecule has 0 radical (unpaired) electrons. The van der Waals surface area contributed by atoms with Gasteiger partial charge in [-0.15, -0.1) is 11.3 Å². The quantitative estimate of drug-likeness (QED) is 0.582. The zero-order chi connectivity index (χ0) is 21.6. The molecule has 0 aliphatic carbocycles. The Hall–Kier alpha value is -2.48. The van der Waals surface area contributed by atoms with Gasteiger partial charge >= 0.3 is 0 Å². The van der Waals surface area contributed by atoms with Crippen molar-refractivity contribution in [1.29, 1.82) is 0 Å². The van der Waals surface area contributed by atoms with Crippen molar-refractivity contribution in [3.8, 4) is 10.6 Å². The van der Waals surface area contributed by atoms with Crippen molar-refractivity contribution in [1.82, 2.24) is 20.0 Å². The number of nitrogens with one attached hydrogen (secondary N) is 1. The van der Waals surface area contributed by atoms with Crippen molar-refractivity contribution >= 4 is 17.2 Å². The van der Waals surface area contributed by atoms with Crippen molar-refractivity contribution in [3.05, 3.63) is 65.2 Å². The number of benzene rings is 1. The van der Waals surface area contributed by atoms with Crippen molar-refractivity contribution < 1.29 is 9.53 Å². The van der Waals surface area contributed by atoms with Gasteiger partial charge in [-0.3, -0.25) is 14.4 Å². The van der Waals surface area contributed by atoms with Gasteiger partial charge in [0.1, 0.15) is 5.69 Å². The summed E-state index contributed by atoms with van der Waals surface area (Å²) in [6.45, 7) is 9.16. The monoisotopic (exact) mass is 438 g/mol. The molecular formula is C24H30N4O2S. The maximum absolute atomic E-state index is 13.1. The summed E-state index contributed by atoms with van der Waals surface area (Å²) in [6, 6.07) is 14.1. The first-order valence-electron chi connectivity index (χ1n) is 10.9. The fraction of sp³-hybridized carbons (Fsp3) is 0.417. The molecule has 1 fully saturated rings. The summed E-state index contributed by atoms with van der Waals surface area (Å²) >= 11 is 1.59. The second-order valence-corrected chi connectivity index (χ2v) is 9.36. The molecule has 31 heavy (non-hydrogen) atoms. The Morgan fingerprint density at radius 3 is 2.84 bits per heavy atom. The van der Waals surface area contributed by atoms with E-state index in [-0.39, 0.29) is 12.0 Å². The van der Waals surface area contributed by atoms with Gasteiger partial charge in [-0.25, -0.2) is 0 Å². The van der Waals surface area contributed by atoms with E-state index >= 15 is 0 Å². The summed E-state index contributed by atoms with van der Waals surface area (Å²) in [4.78, 5) is 16.5. The number of hydrogen-bond acceptors (Lipinski definition) is 5. The van der Waals surface area contributed by atoms with Crippen LogP contribution >= 0.6 is 11.3 Å². The standard InChI is InChI=1S/C24H30N4O2S/c1-18(2)14-27-10-11-30-20(16-27)13-25-24(29)21-17-28(15-19-7-4-3-5-8-19)26-23(21)22-9-6-12-31-22/h3-9,12,17-18,20H,10-11,13-16H2,1-2H3,(H,25,29). The lowest BCUT2D eigenvalue weighted by Gasteiger charge is -2.33. The molecule has 1 aliphatic rings. The average molecular weight is 439 g/mol. The third-order valence-electron chi connectivity index (χ3n) is 5.28. The summed E-state index contributed by atoms with van der Waals surface area (Å²) in [5, 5.41) is 9.82. The zero-order valence-corrected chi connectivity index (χ0v) is 19.0. The molecule has 3 aromatic rings. The minimum Gasteiger partial charge on any atom is -0.374 e. The molecule has 1 aliphatic heterocycles. The fourth-order valence-electron chi connectivity index (χ4n) is 3.92. The second-order valence-electron chi connectivity index (χ2n) is 8.41. The van der Waals surface area contributed by atoms with Crippen LogP contribution in [-0.2, 0) is 11.3 Å². The molecule has 1 atom stereocenters. The molecule has 1 amide bonds. The minimum absolute atomic E-state index is 0.0148. The van der Waals surface area contributed by atoms with Crippen LogP contribution < -0.4 is 5.32 Å². The number of rotatable bonds is 8. The Bertz CT molecular complexity index is 969. The molecule has 0 bridgehead atoms.